The van der Waals surface area contributed by atoms with E-state index in [4.69, 9.17) is 9.90 Å². The second-order valence-electron chi connectivity index (χ2n) is 3.15. The smallest absolute Gasteiger partial charge is 0.326 e. The van der Waals surface area contributed by atoms with Gasteiger partial charge in [-0.25, -0.2) is 4.79 Å². The van der Waals surface area contributed by atoms with Crippen LogP contribution in [0.15, 0.2) is 53.5 Å². The second-order valence-corrected chi connectivity index (χ2v) is 3.15. The van der Waals surface area contributed by atoms with Gasteiger partial charge in [0.1, 0.15) is 6.54 Å². The fraction of sp³-hybridized carbons (Fsp3) is 0.0769. The maximum Gasteiger partial charge on any atom is 0.326 e. The summed E-state index contributed by atoms with van der Waals surface area (Å²) in [5.41, 5.74) is 0. The predicted octanol–water partition coefficient (Wildman–Crippen LogP) is 2.25. The van der Waals surface area contributed by atoms with E-state index in [-0.39, 0.29) is 0 Å². The van der Waals surface area contributed by atoms with E-state index in [1.807, 2.05) is 0 Å². The molecule has 0 radical (unpaired) electrons. The third kappa shape index (κ3) is 4.73. The largest absolute Gasteiger partial charge is 0.480 e. The molecule has 0 aliphatic heterocycles. The minimum absolute atomic E-state index is 0.483. The first-order valence-corrected chi connectivity index (χ1v) is 4.93. The Morgan fingerprint density at radius 3 is 1.71 bits per heavy atom. The van der Waals surface area contributed by atoms with Crippen molar-refractivity contribution in [2.24, 2.45) is 4.99 Å². The van der Waals surface area contributed by atoms with Gasteiger partial charge in [0.05, 0.1) is 0 Å². The number of carbonyl (C=O) groups is 1. The molecule has 0 fully saturated rings. The van der Waals surface area contributed by atoms with Crippen molar-refractivity contribution in [2.75, 3.05) is 6.54 Å². The average molecular weight is 229 g/mol. The van der Waals surface area contributed by atoms with Crippen LogP contribution >= 0.6 is 0 Å². The van der Waals surface area contributed by atoms with Crippen LogP contribution in [0.25, 0.3) is 10.8 Å². The highest BCUT2D eigenvalue weighted by molar-refractivity contribution is 5.82. The number of fused-ring (bicyclic) bond motifs is 1. The van der Waals surface area contributed by atoms with Crippen molar-refractivity contribution in [3.63, 3.8) is 0 Å². The number of carboxylic acids is 1. The molecule has 0 bridgehead atoms. The monoisotopic (exact) mass is 229 g/mol. The highest BCUT2D eigenvalue weighted by Gasteiger charge is 1.87. The van der Waals surface area contributed by atoms with Gasteiger partial charge in [-0.1, -0.05) is 48.5 Å². The fourth-order valence-electron chi connectivity index (χ4n) is 1.23. The van der Waals surface area contributed by atoms with Gasteiger partial charge in [-0.2, -0.15) is 4.99 Å². The molecular formula is C13H11NO3. The third-order valence-electron chi connectivity index (χ3n) is 1.94. The Kier molecular flexibility index (Phi) is 5.14. The highest BCUT2D eigenvalue weighted by atomic mass is 16.4. The zero-order valence-electron chi connectivity index (χ0n) is 9.04. The molecular weight excluding hydrogens is 218 g/mol. The molecule has 0 spiro atoms. The van der Waals surface area contributed by atoms with Gasteiger partial charge in [0.2, 0.25) is 6.08 Å². The molecule has 0 aromatic heterocycles. The van der Waals surface area contributed by atoms with Gasteiger partial charge >= 0.3 is 5.97 Å². The minimum Gasteiger partial charge on any atom is -0.480 e. The number of carboxylic acid groups (broad SMARTS) is 1. The summed E-state index contributed by atoms with van der Waals surface area (Å²) in [7, 11) is 0. The van der Waals surface area contributed by atoms with Crippen molar-refractivity contribution in [1.29, 1.82) is 0 Å². The number of carbonyl (C=O) groups excluding carboxylic acids is 1. The molecule has 0 saturated carbocycles. The van der Waals surface area contributed by atoms with E-state index in [9.17, 15) is 4.79 Å². The Morgan fingerprint density at radius 2 is 1.47 bits per heavy atom. The van der Waals surface area contributed by atoms with Crippen molar-refractivity contribution >= 4 is 22.8 Å². The lowest BCUT2D eigenvalue weighted by atomic mass is 10.1. The molecule has 2 rings (SSSR count). The molecule has 0 atom stereocenters. The minimum atomic E-state index is -1.12. The lowest BCUT2D eigenvalue weighted by Gasteiger charge is -1.92. The average Bonchev–Trinajstić information content (AvgIpc) is 2.37. The third-order valence-corrected chi connectivity index (χ3v) is 1.94. The van der Waals surface area contributed by atoms with E-state index < -0.39 is 12.5 Å². The lowest BCUT2D eigenvalue weighted by Crippen LogP contribution is -1.97. The second kappa shape index (κ2) is 6.93. The van der Waals surface area contributed by atoms with Crippen LogP contribution in [0.1, 0.15) is 0 Å². The number of isocyanates is 1. The molecule has 4 nitrogen and oxygen atoms in total. The maximum atomic E-state index is 9.49. The molecule has 1 N–H and O–H groups in total. The normalized spacial score (nSPS) is 8.71. The van der Waals surface area contributed by atoms with Gasteiger partial charge in [-0.3, -0.25) is 4.79 Å². The molecule has 0 heterocycles. The molecule has 0 aliphatic carbocycles. The first-order valence-electron chi connectivity index (χ1n) is 4.93. The van der Waals surface area contributed by atoms with Crippen LogP contribution < -0.4 is 0 Å². The number of aliphatic imine (C=N–C) groups is 1. The summed E-state index contributed by atoms with van der Waals surface area (Å²) < 4.78 is 0. The molecule has 17 heavy (non-hydrogen) atoms. The summed E-state index contributed by atoms with van der Waals surface area (Å²) in [6.45, 7) is -0.483. The molecule has 0 amide bonds. The first-order chi connectivity index (χ1) is 8.24. The van der Waals surface area contributed by atoms with Crippen LogP contribution in [0.4, 0.5) is 0 Å². The first kappa shape index (κ1) is 12.6. The molecule has 0 saturated heterocycles. The molecule has 0 aliphatic rings. The Labute approximate surface area is 98.2 Å². The molecule has 2 aromatic carbocycles. The Morgan fingerprint density at radius 1 is 1.06 bits per heavy atom. The van der Waals surface area contributed by atoms with Crippen LogP contribution in [0.5, 0.6) is 0 Å². The number of benzene rings is 2. The van der Waals surface area contributed by atoms with Gasteiger partial charge < -0.3 is 5.11 Å². The van der Waals surface area contributed by atoms with Crippen LogP contribution in [0, 0.1) is 0 Å². The van der Waals surface area contributed by atoms with Gasteiger partial charge in [0.25, 0.3) is 0 Å². The van der Waals surface area contributed by atoms with Crippen LogP contribution in [-0.2, 0) is 9.59 Å². The number of hydrogen-bond acceptors (Lipinski definition) is 3. The highest BCUT2D eigenvalue weighted by Crippen LogP contribution is 2.11. The van der Waals surface area contributed by atoms with E-state index in [0.29, 0.717) is 0 Å². The molecule has 86 valence electrons. The predicted molar refractivity (Wildman–Crippen MR) is 64.6 cm³/mol. The van der Waals surface area contributed by atoms with E-state index in [1.165, 1.54) is 10.8 Å². The zero-order valence-corrected chi connectivity index (χ0v) is 9.04. The van der Waals surface area contributed by atoms with Crippen molar-refractivity contribution in [3.8, 4) is 0 Å². The summed E-state index contributed by atoms with van der Waals surface area (Å²) in [5.74, 6) is -1.12. The molecule has 0 unspecified atom stereocenters. The van der Waals surface area contributed by atoms with Crippen molar-refractivity contribution in [2.45, 2.75) is 0 Å². The SMILES string of the molecule is O=C=NCC(=O)O.c1ccc2ccccc2c1. The quantitative estimate of drug-likeness (QED) is 0.634. The van der Waals surface area contributed by atoms with Crippen molar-refractivity contribution in [1.82, 2.24) is 0 Å². The van der Waals surface area contributed by atoms with Crippen molar-refractivity contribution in [3.05, 3.63) is 48.5 Å². The Bertz CT molecular complexity index is 480. The fourth-order valence-corrected chi connectivity index (χ4v) is 1.23. The van der Waals surface area contributed by atoms with Gasteiger partial charge in [0, 0.05) is 0 Å². The van der Waals surface area contributed by atoms with Crippen LogP contribution in [-0.4, -0.2) is 23.7 Å². The van der Waals surface area contributed by atoms with Gasteiger partial charge in [0.15, 0.2) is 0 Å². The Balaban J connectivity index is 0.000000185. The van der Waals surface area contributed by atoms with E-state index in [0.717, 1.165) is 6.08 Å². The van der Waals surface area contributed by atoms with E-state index in [1.54, 1.807) is 0 Å². The van der Waals surface area contributed by atoms with E-state index >= 15 is 0 Å². The number of rotatable bonds is 2. The summed E-state index contributed by atoms with van der Waals surface area (Å²) in [4.78, 5) is 21.4. The topological polar surface area (TPSA) is 66.7 Å². The number of nitrogens with zero attached hydrogens (tertiary/aromatic N) is 1. The summed E-state index contributed by atoms with van der Waals surface area (Å²) >= 11 is 0. The number of hydrogen-bond donors (Lipinski definition) is 1. The summed E-state index contributed by atoms with van der Waals surface area (Å²) in [5, 5.41) is 10.4. The lowest BCUT2D eigenvalue weighted by molar-refractivity contribution is -0.135. The van der Waals surface area contributed by atoms with E-state index in [2.05, 4.69) is 53.5 Å². The van der Waals surface area contributed by atoms with Gasteiger partial charge in [-0.05, 0) is 10.8 Å². The number of aliphatic carboxylic acids is 1. The van der Waals surface area contributed by atoms with Crippen LogP contribution in [0.3, 0.4) is 0 Å². The molecule has 4 heteroatoms. The summed E-state index contributed by atoms with van der Waals surface area (Å²) in [6, 6.07) is 16.7. The molecule has 2 aromatic rings. The maximum absolute atomic E-state index is 9.49. The zero-order chi connectivity index (χ0) is 12.5. The standard InChI is InChI=1S/C10H8.C3H3NO3/c1-2-6-10-8-4-3-7-9(10)5-1;5-2-4-1-3(6)7/h1-8H;1H2,(H,6,7). The van der Waals surface area contributed by atoms with Gasteiger partial charge in [-0.15, -0.1) is 0 Å². The summed E-state index contributed by atoms with van der Waals surface area (Å²) in [6.07, 6.45) is 1.09. The van der Waals surface area contributed by atoms with Crippen LogP contribution in [0.2, 0.25) is 0 Å². The Hall–Kier alpha value is -2.45. The van der Waals surface area contributed by atoms with Crippen molar-refractivity contribution < 1.29 is 14.7 Å².